The van der Waals surface area contributed by atoms with E-state index in [1.165, 1.54) is 0 Å². The van der Waals surface area contributed by atoms with Crippen LogP contribution in [-0.4, -0.2) is 49.4 Å². The molecule has 1 aromatic heterocycles. The Kier molecular flexibility index (Phi) is 6.46. The van der Waals surface area contributed by atoms with E-state index in [-0.39, 0.29) is 28.9 Å². The van der Waals surface area contributed by atoms with Gasteiger partial charge in [0, 0.05) is 36.2 Å². The number of carbonyl (C=O) groups excluding carboxylic acids is 1. The van der Waals surface area contributed by atoms with Crippen molar-refractivity contribution in [1.29, 1.82) is 5.26 Å². The first-order valence-corrected chi connectivity index (χ1v) is 14.2. The third-order valence-corrected chi connectivity index (χ3v) is 9.12. The number of oxazole rings is 1. The number of rotatable bonds is 5. The minimum absolute atomic E-state index is 0.0331. The molecule has 2 saturated carbocycles. The second-order valence-corrected chi connectivity index (χ2v) is 12.4. The highest BCUT2D eigenvalue weighted by molar-refractivity contribution is 7.91. The quantitative estimate of drug-likeness (QED) is 0.613. The minimum Gasteiger partial charge on any atom is -0.437 e. The largest absolute Gasteiger partial charge is 0.468 e. The van der Waals surface area contributed by atoms with Crippen LogP contribution >= 0.6 is 0 Å². The molecule has 1 amide bonds. The SMILES string of the molecule is N#CC1(NC(=O)C2CCCCC2c2oc(C(F)(F)F)nc2-c2ccc(N3CCS(=O)(=O)CC3)cc2)CC1. The fourth-order valence-electron chi connectivity index (χ4n) is 5.19. The number of benzene rings is 1. The maximum Gasteiger partial charge on any atom is 0.468 e. The summed E-state index contributed by atoms with van der Waals surface area (Å²) in [7, 11) is -3.05. The summed E-state index contributed by atoms with van der Waals surface area (Å²) in [6, 6.07) is 8.87. The van der Waals surface area contributed by atoms with E-state index in [1.807, 2.05) is 4.90 Å². The summed E-state index contributed by atoms with van der Waals surface area (Å²) in [6.07, 6.45) is -1.23. The first kappa shape index (κ1) is 25.6. The third kappa shape index (κ3) is 5.32. The van der Waals surface area contributed by atoms with Gasteiger partial charge < -0.3 is 14.6 Å². The number of sulfone groups is 1. The standard InChI is InChI=1S/C25H27F3N4O4S/c26-25(27,28)23-30-20(16-5-7-17(8-6-16)32-11-13-37(34,35)14-12-32)21(36-23)18-3-1-2-4-19(18)22(33)31-24(15-29)9-10-24/h5-8,18-19H,1-4,9-14H2,(H,31,33). The Labute approximate surface area is 212 Å². The molecule has 1 saturated heterocycles. The number of aromatic nitrogens is 1. The summed E-state index contributed by atoms with van der Waals surface area (Å²) < 4.78 is 69.7. The second-order valence-electron chi connectivity index (χ2n) is 10.1. The van der Waals surface area contributed by atoms with E-state index in [1.54, 1.807) is 24.3 Å². The van der Waals surface area contributed by atoms with Gasteiger partial charge in [0.25, 0.3) is 0 Å². The molecule has 2 unspecified atom stereocenters. The molecule has 2 aliphatic carbocycles. The lowest BCUT2D eigenvalue weighted by atomic mass is 9.76. The lowest BCUT2D eigenvalue weighted by Crippen LogP contribution is -2.42. The van der Waals surface area contributed by atoms with Crippen molar-refractivity contribution in [2.75, 3.05) is 29.5 Å². The van der Waals surface area contributed by atoms with E-state index in [0.717, 1.165) is 18.5 Å². The maximum atomic E-state index is 13.6. The zero-order valence-electron chi connectivity index (χ0n) is 20.1. The Bertz CT molecular complexity index is 1310. The molecule has 3 aliphatic rings. The monoisotopic (exact) mass is 536 g/mol. The predicted octanol–water partition coefficient (Wildman–Crippen LogP) is 4.04. The highest BCUT2D eigenvalue weighted by atomic mass is 32.2. The summed E-state index contributed by atoms with van der Waals surface area (Å²) in [5.41, 5.74) is 0.361. The van der Waals surface area contributed by atoms with Crippen molar-refractivity contribution in [3.05, 3.63) is 35.9 Å². The Morgan fingerprint density at radius 3 is 2.38 bits per heavy atom. The Morgan fingerprint density at radius 2 is 1.78 bits per heavy atom. The first-order chi connectivity index (χ1) is 17.5. The molecule has 8 nitrogen and oxygen atoms in total. The highest BCUT2D eigenvalue weighted by Crippen LogP contribution is 2.45. The van der Waals surface area contributed by atoms with E-state index < -0.39 is 39.3 Å². The number of hydrogen-bond acceptors (Lipinski definition) is 7. The number of nitrogens with one attached hydrogen (secondary N) is 1. The van der Waals surface area contributed by atoms with Crippen molar-refractivity contribution in [1.82, 2.24) is 10.3 Å². The molecule has 198 valence electrons. The van der Waals surface area contributed by atoms with E-state index in [2.05, 4.69) is 16.4 Å². The average molecular weight is 537 g/mol. The van der Waals surface area contributed by atoms with Gasteiger partial charge in [-0.1, -0.05) is 25.0 Å². The molecule has 2 heterocycles. The molecule has 1 N–H and O–H groups in total. The zero-order valence-corrected chi connectivity index (χ0v) is 20.9. The summed E-state index contributed by atoms with van der Waals surface area (Å²) >= 11 is 0. The molecule has 1 aliphatic heterocycles. The zero-order chi connectivity index (χ0) is 26.4. The summed E-state index contributed by atoms with van der Waals surface area (Å²) in [5, 5.41) is 12.2. The van der Waals surface area contributed by atoms with Gasteiger partial charge in [-0.25, -0.2) is 13.4 Å². The fraction of sp³-hybridized carbons (Fsp3) is 0.560. The molecular formula is C25H27F3N4O4S. The number of carbonyl (C=O) groups is 1. The van der Waals surface area contributed by atoms with Crippen molar-refractivity contribution < 1.29 is 30.8 Å². The molecule has 1 aromatic carbocycles. The summed E-state index contributed by atoms with van der Waals surface area (Å²) in [5.74, 6) is -2.79. The van der Waals surface area contributed by atoms with Crippen LogP contribution in [-0.2, 0) is 20.8 Å². The molecule has 2 atom stereocenters. The summed E-state index contributed by atoms with van der Waals surface area (Å²) in [4.78, 5) is 18.9. The van der Waals surface area contributed by atoms with Gasteiger partial charge in [0.1, 0.15) is 17.0 Å². The number of nitriles is 1. The van der Waals surface area contributed by atoms with Crippen molar-refractivity contribution in [2.45, 2.75) is 56.2 Å². The number of anilines is 1. The van der Waals surface area contributed by atoms with Crippen LogP contribution in [0.2, 0.25) is 0 Å². The fourth-order valence-corrected chi connectivity index (χ4v) is 6.39. The van der Waals surface area contributed by atoms with E-state index in [4.69, 9.17) is 4.42 Å². The molecule has 12 heteroatoms. The van der Waals surface area contributed by atoms with Crippen LogP contribution in [0.5, 0.6) is 0 Å². The average Bonchev–Trinajstić information content (AvgIpc) is 3.49. The molecule has 0 radical (unpaired) electrons. The van der Waals surface area contributed by atoms with Crippen molar-refractivity contribution in [3.8, 4) is 17.3 Å². The number of alkyl halides is 3. The van der Waals surface area contributed by atoms with Crippen LogP contribution < -0.4 is 10.2 Å². The van der Waals surface area contributed by atoms with E-state index in [9.17, 15) is 31.6 Å². The van der Waals surface area contributed by atoms with Crippen LogP contribution in [0.3, 0.4) is 0 Å². The number of halogens is 3. The molecule has 2 aromatic rings. The Balaban J connectivity index is 1.45. The maximum absolute atomic E-state index is 13.6. The van der Waals surface area contributed by atoms with Crippen LogP contribution in [0.1, 0.15) is 56.1 Å². The number of nitrogens with zero attached hydrogens (tertiary/aromatic N) is 3. The van der Waals surface area contributed by atoms with Crippen LogP contribution in [0, 0.1) is 17.2 Å². The van der Waals surface area contributed by atoms with E-state index >= 15 is 0 Å². The van der Waals surface area contributed by atoms with Gasteiger partial charge in [-0.2, -0.15) is 18.4 Å². The Morgan fingerprint density at radius 1 is 1.14 bits per heavy atom. The van der Waals surface area contributed by atoms with Gasteiger partial charge in [-0.05, 0) is 37.8 Å². The van der Waals surface area contributed by atoms with Crippen LogP contribution in [0.4, 0.5) is 18.9 Å². The minimum atomic E-state index is -4.79. The van der Waals surface area contributed by atoms with Crippen LogP contribution in [0.15, 0.2) is 28.7 Å². The van der Waals surface area contributed by atoms with Gasteiger partial charge in [0.15, 0.2) is 9.84 Å². The third-order valence-electron chi connectivity index (χ3n) is 7.51. The molecule has 0 spiro atoms. The normalized spacial score (nSPS) is 24.8. The molecule has 37 heavy (non-hydrogen) atoms. The highest BCUT2D eigenvalue weighted by Gasteiger charge is 2.48. The van der Waals surface area contributed by atoms with Gasteiger partial charge in [-0.3, -0.25) is 4.79 Å². The summed E-state index contributed by atoms with van der Waals surface area (Å²) in [6.45, 7) is 0.691. The lowest BCUT2D eigenvalue weighted by Gasteiger charge is -2.30. The molecule has 0 bridgehead atoms. The van der Waals surface area contributed by atoms with Crippen molar-refractivity contribution >= 4 is 21.4 Å². The number of amides is 1. The van der Waals surface area contributed by atoms with Gasteiger partial charge in [0.2, 0.25) is 5.91 Å². The molecule has 3 fully saturated rings. The smallest absolute Gasteiger partial charge is 0.437 e. The molecular weight excluding hydrogens is 509 g/mol. The van der Waals surface area contributed by atoms with Crippen LogP contribution in [0.25, 0.3) is 11.3 Å². The van der Waals surface area contributed by atoms with Gasteiger partial charge >= 0.3 is 12.1 Å². The van der Waals surface area contributed by atoms with Gasteiger partial charge in [-0.15, -0.1) is 0 Å². The van der Waals surface area contributed by atoms with Crippen molar-refractivity contribution in [3.63, 3.8) is 0 Å². The second kappa shape index (κ2) is 9.35. The molecule has 5 rings (SSSR count). The van der Waals surface area contributed by atoms with Crippen molar-refractivity contribution in [2.24, 2.45) is 5.92 Å². The topological polar surface area (TPSA) is 116 Å². The van der Waals surface area contributed by atoms with Gasteiger partial charge in [0.05, 0.1) is 17.6 Å². The van der Waals surface area contributed by atoms with E-state index in [0.29, 0.717) is 44.3 Å². The first-order valence-electron chi connectivity index (χ1n) is 12.4. The Hall–Kier alpha value is -3.07. The lowest BCUT2D eigenvalue weighted by molar-refractivity contribution is -0.157. The predicted molar refractivity (Wildman–Crippen MR) is 128 cm³/mol. The number of hydrogen-bond donors (Lipinski definition) is 1.